The molecule has 0 bridgehead atoms. The van der Waals surface area contributed by atoms with Gasteiger partial charge in [-0.25, -0.2) is 0 Å². The Balaban J connectivity index is 0.00000364. The van der Waals surface area contributed by atoms with E-state index in [1.54, 1.807) is 12.4 Å². The summed E-state index contributed by atoms with van der Waals surface area (Å²) in [6.45, 7) is 11.3. The molecule has 0 aliphatic rings. The normalized spacial score (nSPS) is 11.5. The average molecular weight is 392 g/mol. The molecular weight excluding hydrogens is 362 g/mol. The SMILES string of the molecule is CCN(C(=O)c1cc(C)cc(OC[C@H](C)Nc2ccncc2)c1)C(C)C.Cl. The highest BCUT2D eigenvalue weighted by atomic mass is 35.5. The summed E-state index contributed by atoms with van der Waals surface area (Å²) in [6.07, 6.45) is 3.51. The number of pyridine rings is 1. The lowest BCUT2D eigenvalue weighted by Crippen LogP contribution is -2.36. The van der Waals surface area contributed by atoms with Crippen LogP contribution in [0.15, 0.2) is 42.7 Å². The van der Waals surface area contributed by atoms with Gasteiger partial charge >= 0.3 is 0 Å². The van der Waals surface area contributed by atoms with Crippen molar-refractivity contribution >= 4 is 24.0 Å². The molecule has 0 fully saturated rings. The van der Waals surface area contributed by atoms with Gasteiger partial charge in [0.15, 0.2) is 0 Å². The quantitative estimate of drug-likeness (QED) is 0.716. The van der Waals surface area contributed by atoms with E-state index in [1.807, 2.05) is 62.9 Å². The van der Waals surface area contributed by atoms with Crippen molar-refractivity contribution < 1.29 is 9.53 Å². The van der Waals surface area contributed by atoms with Crippen molar-refractivity contribution in [1.82, 2.24) is 9.88 Å². The molecule has 2 aromatic rings. The Bertz CT molecular complexity index is 723. The molecule has 0 aliphatic heterocycles. The van der Waals surface area contributed by atoms with Gasteiger partial charge in [0, 0.05) is 36.2 Å². The summed E-state index contributed by atoms with van der Waals surface area (Å²) in [7, 11) is 0. The van der Waals surface area contributed by atoms with Crippen molar-refractivity contribution in [2.75, 3.05) is 18.5 Å². The molecule has 0 radical (unpaired) electrons. The molecule has 1 aromatic carbocycles. The monoisotopic (exact) mass is 391 g/mol. The van der Waals surface area contributed by atoms with Crippen molar-refractivity contribution in [3.8, 4) is 5.75 Å². The molecule has 1 aromatic heterocycles. The van der Waals surface area contributed by atoms with Gasteiger partial charge < -0.3 is 15.0 Å². The zero-order valence-corrected chi connectivity index (χ0v) is 17.5. The third kappa shape index (κ3) is 6.75. The Hall–Kier alpha value is -2.27. The Morgan fingerprint density at radius 3 is 2.44 bits per heavy atom. The molecule has 27 heavy (non-hydrogen) atoms. The van der Waals surface area contributed by atoms with Crippen molar-refractivity contribution in [2.45, 2.75) is 46.7 Å². The summed E-state index contributed by atoms with van der Waals surface area (Å²) >= 11 is 0. The van der Waals surface area contributed by atoms with E-state index in [2.05, 4.69) is 17.2 Å². The summed E-state index contributed by atoms with van der Waals surface area (Å²) in [5.74, 6) is 0.760. The standard InChI is InChI=1S/C21H29N3O2.ClH/c1-6-24(15(2)3)21(25)18-11-16(4)12-20(13-18)26-14-17(5)23-19-7-9-22-10-8-19;/h7-13,15,17H,6,14H2,1-5H3,(H,22,23);1H/t17-;/m0./s1. The fourth-order valence-corrected chi connectivity index (χ4v) is 2.86. The van der Waals surface area contributed by atoms with Crippen LogP contribution in [0.4, 0.5) is 5.69 Å². The van der Waals surface area contributed by atoms with Crippen LogP contribution in [0.3, 0.4) is 0 Å². The van der Waals surface area contributed by atoms with E-state index in [1.165, 1.54) is 0 Å². The molecule has 0 unspecified atom stereocenters. The molecule has 2 rings (SSSR count). The first-order chi connectivity index (χ1) is 12.4. The first-order valence-corrected chi connectivity index (χ1v) is 9.12. The van der Waals surface area contributed by atoms with Crippen LogP contribution in [0.1, 0.15) is 43.6 Å². The van der Waals surface area contributed by atoms with E-state index >= 15 is 0 Å². The van der Waals surface area contributed by atoms with Gasteiger partial charge in [0.2, 0.25) is 0 Å². The molecule has 1 amide bonds. The lowest BCUT2D eigenvalue weighted by Gasteiger charge is -2.25. The van der Waals surface area contributed by atoms with E-state index < -0.39 is 0 Å². The highest BCUT2D eigenvalue weighted by Gasteiger charge is 2.18. The van der Waals surface area contributed by atoms with Crippen molar-refractivity contribution in [3.63, 3.8) is 0 Å². The molecule has 0 saturated heterocycles. The van der Waals surface area contributed by atoms with Gasteiger partial charge in [0.1, 0.15) is 12.4 Å². The van der Waals surface area contributed by atoms with Gasteiger partial charge in [-0.3, -0.25) is 9.78 Å². The minimum Gasteiger partial charge on any atom is -0.491 e. The van der Waals surface area contributed by atoms with Crippen molar-refractivity contribution in [3.05, 3.63) is 53.9 Å². The smallest absolute Gasteiger partial charge is 0.254 e. The molecule has 0 spiro atoms. The number of aromatic nitrogens is 1. The molecule has 0 aliphatic carbocycles. The Labute approximate surface area is 168 Å². The first-order valence-electron chi connectivity index (χ1n) is 9.12. The molecule has 1 atom stereocenters. The number of hydrogen-bond acceptors (Lipinski definition) is 4. The van der Waals surface area contributed by atoms with E-state index in [-0.39, 0.29) is 30.4 Å². The third-order valence-electron chi connectivity index (χ3n) is 4.12. The van der Waals surface area contributed by atoms with Crippen LogP contribution < -0.4 is 10.1 Å². The fraction of sp³-hybridized carbons (Fsp3) is 0.429. The summed E-state index contributed by atoms with van der Waals surface area (Å²) in [6, 6.07) is 9.85. The zero-order chi connectivity index (χ0) is 19.1. The van der Waals surface area contributed by atoms with Crippen LogP contribution in [0.5, 0.6) is 5.75 Å². The van der Waals surface area contributed by atoms with Crippen LogP contribution in [0.2, 0.25) is 0 Å². The number of nitrogens with one attached hydrogen (secondary N) is 1. The number of carbonyl (C=O) groups excluding carboxylic acids is 1. The predicted octanol–water partition coefficient (Wildman–Crippen LogP) is 4.56. The molecular formula is C21H30ClN3O2. The number of rotatable bonds is 8. The van der Waals surface area contributed by atoms with E-state index in [4.69, 9.17) is 4.74 Å². The fourth-order valence-electron chi connectivity index (χ4n) is 2.86. The Morgan fingerprint density at radius 2 is 1.85 bits per heavy atom. The largest absolute Gasteiger partial charge is 0.491 e. The maximum Gasteiger partial charge on any atom is 0.254 e. The Kier molecular flexibility index (Phi) is 9.09. The van der Waals surface area contributed by atoms with Gasteiger partial charge in [0.05, 0.1) is 6.04 Å². The molecule has 5 nitrogen and oxygen atoms in total. The maximum absolute atomic E-state index is 12.8. The van der Waals surface area contributed by atoms with E-state index in [0.717, 1.165) is 17.0 Å². The first kappa shape index (κ1) is 22.8. The number of carbonyl (C=O) groups is 1. The van der Waals surface area contributed by atoms with Crippen LogP contribution in [0, 0.1) is 6.92 Å². The number of halogens is 1. The van der Waals surface area contributed by atoms with Crippen LogP contribution in [-0.2, 0) is 0 Å². The highest BCUT2D eigenvalue weighted by molar-refractivity contribution is 5.95. The maximum atomic E-state index is 12.8. The second kappa shape index (κ2) is 10.8. The minimum atomic E-state index is 0. The average Bonchev–Trinajstić information content (AvgIpc) is 2.60. The van der Waals surface area contributed by atoms with Crippen LogP contribution in [-0.4, -0.2) is 41.0 Å². The number of aryl methyl sites for hydroxylation is 1. The number of ether oxygens (including phenoxy) is 1. The van der Waals surface area contributed by atoms with E-state index in [9.17, 15) is 4.79 Å². The van der Waals surface area contributed by atoms with Crippen molar-refractivity contribution in [2.24, 2.45) is 0 Å². The molecule has 1 N–H and O–H groups in total. The lowest BCUT2D eigenvalue weighted by atomic mass is 10.1. The van der Waals surface area contributed by atoms with Crippen molar-refractivity contribution in [1.29, 1.82) is 0 Å². The van der Waals surface area contributed by atoms with Crippen LogP contribution >= 0.6 is 12.4 Å². The van der Waals surface area contributed by atoms with Crippen LogP contribution in [0.25, 0.3) is 0 Å². The third-order valence-corrected chi connectivity index (χ3v) is 4.12. The minimum absolute atomic E-state index is 0. The lowest BCUT2D eigenvalue weighted by molar-refractivity contribution is 0.0716. The number of amides is 1. The van der Waals surface area contributed by atoms with Gasteiger partial charge in [-0.15, -0.1) is 12.4 Å². The summed E-state index contributed by atoms with van der Waals surface area (Å²) < 4.78 is 5.94. The predicted molar refractivity (Wildman–Crippen MR) is 113 cm³/mol. The zero-order valence-electron chi connectivity index (χ0n) is 16.7. The van der Waals surface area contributed by atoms with Gasteiger partial charge in [-0.2, -0.15) is 0 Å². The number of hydrogen-bond donors (Lipinski definition) is 1. The summed E-state index contributed by atoms with van der Waals surface area (Å²) in [5, 5.41) is 3.37. The number of anilines is 1. The summed E-state index contributed by atoms with van der Waals surface area (Å²) in [5.41, 5.74) is 2.69. The molecule has 6 heteroatoms. The van der Waals surface area contributed by atoms with E-state index in [0.29, 0.717) is 18.7 Å². The molecule has 1 heterocycles. The van der Waals surface area contributed by atoms with Gasteiger partial charge in [0.25, 0.3) is 5.91 Å². The molecule has 0 saturated carbocycles. The number of benzene rings is 1. The highest BCUT2D eigenvalue weighted by Crippen LogP contribution is 2.20. The van der Waals surface area contributed by atoms with Gasteiger partial charge in [-0.05, 0) is 70.5 Å². The molecule has 148 valence electrons. The Morgan fingerprint density at radius 1 is 1.19 bits per heavy atom. The topological polar surface area (TPSA) is 54.5 Å². The summed E-state index contributed by atoms with van der Waals surface area (Å²) in [4.78, 5) is 18.6. The second-order valence-corrected chi connectivity index (χ2v) is 6.81. The second-order valence-electron chi connectivity index (χ2n) is 6.81. The van der Waals surface area contributed by atoms with Gasteiger partial charge in [-0.1, -0.05) is 0 Å². The number of nitrogens with zero attached hydrogens (tertiary/aromatic N) is 2.